The van der Waals surface area contributed by atoms with Crippen molar-refractivity contribution >= 4 is 23.1 Å². The Bertz CT molecular complexity index is 1200. The first-order valence-corrected chi connectivity index (χ1v) is 9.93. The number of fused-ring (bicyclic) bond motifs is 1. The highest BCUT2D eigenvalue weighted by atomic mass is 16.5. The third-order valence-corrected chi connectivity index (χ3v) is 4.79. The molecule has 6 heteroatoms. The predicted molar refractivity (Wildman–Crippen MR) is 118 cm³/mol. The molecule has 0 aliphatic carbocycles. The number of pyridine rings is 2. The van der Waals surface area contributed by atoms with Gasteiger partial charge in [0.05, 0.1) is 18.5 Å². The zero-order valence-electron chi connectivity index (χ0n) is 16.9. The summed E-state index contributed by atoms with van der Waals surface area (Å²) < 4.78 is 6.96. The van der Waals surface area contributed by atoms with Gasteiger partial charge in [0.1, 0.15) is 0 Å². The van der Waals surface area contributed by atoms with Crippen LogP contribution in [0.1, 0.15) is 19.4 Å². The van der Waals surface area contributed by atoms with Crippen LogP contribution in [0.2, 0.25) is 0 Å². The molecule has 0 unspecified atom stereocenters. The lowest BCUT2D eigenvalue weighted by Gasteiger charge is -2.14. The minimum Gasteiger partial charge on any atom is -0.463 e. The number of hydrogen-bond donors (Lipinski definition) is 0. The Labute approximate surface area is 174 Å². The fourth-order valence-electron chi connectivity index (χ4n) is 3.48. The van der Waals surface area contributed by atoms with Crippen LogP contribution in [0, 0.1) is 0 Å². The molecule has 0 aliphatic rings. The van der Waals surface area contributed by atoms with Gasteiger partial charge in [-0.15, -0.1) is 0 Å². The van der Waals surface area contributed by atoms with Crippen LogP contribution in [-0.4, -0.2) is 32.3 Å². The van der Waals surface area contributed by atoms with Crippen LogP contribution in [0.5, 0.6) is 0 Å². The molecule has 0 saturated carbocycles. The topological polar surface area (TPSA) is 69.9 Å². The lowest BCUT2D eigenvalue weighted by molar-refractivity contribution is -0.137. The Kier molecular flexibility index (Phi) is 5.66. The second-order valence-corrected chi connectivity index (χ2v) is 6.64. The van der Waals surface area contributed by atoms with Crippen LogP contribution >= 0.6 is 0 Å². The van der Waals surface area contributed by atoms with Crippen LogP contribution < -0.4 is 0 Å². The van der Waals surface area contributed by atoms with Crippen molar-refractivity contribution in [3.63, 3.8) is 0 Å². The van der Waals surface area contributed by atoms with E-state index in [4.69, 9.17) is 9.72 Å². The lowest BCUT2D eigenvalue weighted by atomic mass is 9.94. The van der Waals surface area contributed by atoms with Crippen molar-refractivity contribution in [2.24, 2.45) is 0 Å². The van der Waals surface area contributed by atoms with E-state index in [0.717, 1.165) is 39.0 Å². The molecule has 3 aromatic heterocycles. The first-order valence-electron chi connectivity index (χ1n) is 9.93. The van der Waals surface area contributed by atoms with Crippen molar-refractivity contribution in [2.45, 2.75) is 20.4 Å². The van der Waals surface area contributed by atoms with E-state index in [9.17, 15) is 4.79 Å². The maximum atomic E-state index is 12.1. The Morgan fingerprint density at radius 3 is 2.57 bits per heavy atom. The SMILES string of the molecule is CCOC(=O)C=Cc1c(-c2ccccc2)nc2c(cnn2CC)c1-c1cccnc1. The van der Waals surface area contributed by atoms with E-state index in [2.05, 4.69) is 10.1 Å². The number of aromatic nitrogens is 4. The quantitative estimate of drug-likeness (QED) is 0.346. The summed E-state index contributed by atoms with van der Waals surface area (Å²) in [6.07, 6.45) is 8.60. The summed E-state index contributed by atoms with van der Waals surface area (Å²) in [6, 6.07) is 13.8. The summed E-state index contributed by atoms with van der Waals surface area (Å²) in [6.45, 7) is 4.85. The van der Waals surface area contributed by atoms with Crippen LogP contribution in [-0.2, 0) is 16.1 Å². The molecule has 0 bridgehead atoms. The fraction of sp³-hybridized carbons (Fsp3) is 0.167. The number of nitrogens with zero attached hydrogens (tertiary/aromatic N) is 4. The summed E-state index contributed by atoms with van der Waals surface area (Å²) >= 11 is 0. The van der Waals surface area contributed by atoms with Gasteiger partial charge in [0, 0.05) is 52.7 Å². The smallest absolute Gasteiger partial charge is 0.330 e. The molecule has 30 heavy (non-hydrogen) atoms. The molecule has 3 heterocycles. The molecule has 6 nitrogen and oxygen atoms in total. The van der Waals surface area contributed by atoms with Crippen LogP contribution in [0.3, 0.4) is 0 Å². The van der Waals surface area contributed by atoms with Gasteiger partial charge in [-0.1, -0.05) is 36.4 Å². The van der Waals surface area contributed by atoms with Crippen LogP contribution in [0.4, 0.5) is 0 Å². The maximum Gasteiger partial charge on any atom is 0.330 e. The molecule has 0 radical (unpaired) electrons. The second kappa shape index (κ2) is 8.69. The molecule has 0 fully saturated rings. The summed E-state index contributed by atoms with van der Waals surface area (Å²) in [4.78, 5) is 21.3. The lowest BCUT2D eigenvalue weighted by Crippen LogP contribution is -2.02. The molecule has 150 valence electrons. The van der Waals surface area contributed by atoms with Gasteiger partial charge < -0.3 is 4.74 Å². The highest BCUT2D eigenvalue weighted by Gasteiger charge is 2.19. The van der Waals surface area contributed by atoms with Gasteiger partial charge in [-0.3, -0.25) is 4.98 Å². The molecule has 0 N–H and O–H groups in total. The van der Waals surface area contributed by atoms with Crippen molar-refractivity contribution < 1.29 is 9.53 Å². The molecule has 0 atom stereocenters. The van der Waals surface area contributed by atoms with E-state index in [0.29, 0.717) is 13.2 Å². The summed E-state index contributed by atoms with van der Waals surface area (Å²) in [5.41, 5.74) is 5.22. The van der Waals surface area contributed by atoms with Crippen LogP contribution in [0.15, 0.2) is 67.1 Å². The molecule has 0 amide bonds. The average molecular weight is 398 g/mol. The predicted octanol–water partition coefficient (Wildman–Crippen LogP) is 4.76. The summed E-state index contributed by atoms with van der Waals surface area (Å²) in [5, 5.41) is 5.43. The Balaban J connectivity index is 2.07. The van der Waals surface area contributed by atoms with Gasteiger partial charge >= 0.3 is 5.97 Å². The minimum absolute atomic E-state index is 0.324. The zero-order chi connectivity index (χ0) is 20.9. The largest absolute Gasteiger partial charge is 0.463 e. The van der Waals surface area contributed by atoms with E-state index >= 15 is 0 Å². The van der Waals surface area contributed by atoms with Crippen LogP contribution in [0.25, 0.3) is 39.5 Å². The van der Waals surface area contributed by atoms with E-state index in [1.54, 1.807) is 19.2 Å². The molecular formula is C24H22N4O2. The number of carbonyl (C=O) groups excluding carboxylic acids is 1. The maximum absolute atomic E-state index is 12.1. The Hall–Kier alpha value is -3.80. The van der Waals surface area contributed by atoms with Gasteiger partial charge in [0.2, 0.25) is 0 Å². The molecule has 0 saturated heterocycles. The van der Waals surface area contributed by atoms with Gasteiger partial charge in [-0.2, -0.15) is 5.10 Å². The molecule has 0 spiro atoms. The molecule has 1 aromatic carbocycles. The number of ether oxygens (including phenoxy) is 1. The Morgan fingerprint density at radius 1 is 1.07 bits per heavy atom. The minimum atomic E-state index is -0.391. The standard InChI is InChI=1S/C24H22N4O2/c1-3-28-24-20(16-26-28)22(18-11-8-14-25-15-18)19(12-13-21(29)30-4-2)23(27-24)17-9-6-5-7-10-17/h5-16H,3-4H2,1-2H3. The first-order chi connectivity index (χ1) is 14.7. The van der Waals surface area contributed by atoms with E-state index < -0.39 is 5.97 Å². The Morgan fingerprint density at radius 2 is 1.87 bits per heavy atom. The number of benzene rings is 1. The van der Waals surface area contributed by atoms with Crippen molar-refractivity contribution in [3.8, 4) is 22.4 Å². The third-order valence-electron chi connectivity index (χ3n) is 4.79. The third kappa shape index (κ3) is 3.72. The van der Waals surface area contributed by atoms with E-state index in [1.165, 1.54) is 6.08 Å². The molecule has 4 aromatic rings. The molecular weight excluding hydrogens is 376 g/mol. The van der Waals surface area contributed by atoms with Gasteiger partial charge in [0.15, 0.2) is 5.65 Å². The number of hydrogen-bond acceptors (Lipinski definition) is 5. The normalized spacial score (nSPS) is 11.3. The van der Waals surface area contributed by atoms with Crippen molar-refractivity contribution in [1.29, 1.82) is 0 Å². The number of carbonyl (C=O) groups is 1. The van der Waals surface area contributed by atoms with Gasteiger partial charge in [-0.25, -0.2) is 14.5 Å². The van der Waals surface area contributed by atoms with E-state index in [-0.39, 0.29) is 0 Å². The first kappa shape index (κ1) is 19.5. The van der Waals surface area contributed by atoms with Crippen molar-refractivity contribution in [3.05, 3.63) is 72.7 Å². The molecule has 4 rings (SSSR count). The van der Waals surface area contributed by atoms with Crippen molar-refractivity contribution in [2.75, 3.05) is 6.61 Å². The zero-order valence-corrected chi connectivity index (χ0v) is 16.9. The van der Waals surface area contributed by atoms with Crippen molar-refractivity contribution in [1.82, 2.24) is 19.7 Å². The fourth-order valence-corrected chi connectivity index (χ4v) is 3.48. The monoisotopic (exact) mass is 398 g/mol. The number of aryl methyl sites for hydroxylation is 1. The van der Waals surface area contributed by atoms with Gasteiger partial charge in [0.25, 0.3) is 0 Å². The highest BCUT2D eigenvalue weighted by Crippen LogP contribution is 2.37. The van der Waals surface area contributed by atoms with Gasteiger partial charge in [-0.05, 0) is 26.0 Å². The summed E-state index contributed by atoms with van der Waals surface area (Å²) in [7, 11) is 0. The highest BCUT2D eigenvalue weighted by molar-refractivity contribution is 6.02. The molecule has 0 aliphatic heterocycles. The van der Waals surface area contributed by atoms with E-state index in [1.807, 2.05) is 66.5 Å². The second-order valence-electron chi connectivity index (χ2n) is 6.64. The summed E-state index contributed by atoms with van der Waals surface area (Å²) in [5.74, 6) is -0.391. The number of rotatable bonds is 6. The average Bonchev–Trinajstić information content (AvgIpc) is 3.20. The number of esters is 1.